The summed E-state index contributed by atoms with van der Waals surface area (Å²) in [5.41, 5.74) is 4.95. The molecule has 2 saturated carbocycles. The molecule has 0 spiro atoms. The summed E-state index contributed by atoms with van der Waals surface area (Å²) in [6, 6.07) is 34.3. The molecule has 3 aliphatic rings. The van der Waals surface area contributed by atoms with Gasteiger partial charge in [-0.1, -0.05) is 30.3 Å². The molecule has 4 atom stereocenters. The van der Waals surface area contributed by atoms with Gasteiger partial charge in [-0.05, 0) is 124 Å². The van der Waals surface area contributed by atoms with Gasteiger partial charge in [-0.15, -0.1) is 45.3 Å². The minimum Gasteiger partial charge on any atom is -0.456 e. The summed E-state index contributed by atoms with van der Waals surface area (Å²) >= 11 is 7.01. The Morgan fingerprint density at radius 1 is 0.816 bits per heavy atom. The summed E-state index contributed by atoms with van der Waals surface area (Å²) in [6.45, 7) is 5.40. The van der Waals surface area contributed by atoms with Gasteiger partial charge in [-0.25, -0.2) is 4.79 Å². The number of thiophene rings is 4. The average molecular weight is 715 g/mol. The lowest BCUT2D eigenvalue weighted by atomic mass is 9.82. The topological polar surface area (TPSA) is 53.3 Å². The van der Waals surface area contributed by atoms with Crippen LogP contribution in [-0.4, -0.2) is 17.6 Å². The number of benzene rings is 2. The summed E-state index contributed by atoms with van der Waals surface area (Å²) in [4.78, 5) is 22.3. The first-order valence-electron chi connectivity index (χ1n) is 16.8. The minimum atomic E-state index is -0.645. The van der Waals surface area contributed by atoms with Crippen molar-refractivity contribution >= 4 is 78.2 Å². The second-order valence-electron chi connectivity index (χ2n) is 14.3. The Labute approximate surface area is 302 Å². The Morgan fingerprint density at radius 3 is 2.22 bits per heavy atom. The maximum Gasteiger partial charge on any atom is 0.349 e. The van der Waals surface area contributed by atoms with E-state index in [2.05, 4.69) is 89.8 Å². The van der Waals surface area contributed by atoms with E-state index in [0.29, 0.717) is 12.0 Å². The standard InChI is InChI=1S/C41H34N2O2S4/c1-41(2,3)45-40(44)26(22-42)19-28-20-35-37(46-28)21-36(49-35)34-17-16-33(48-34)32-15-14-31(47-32)23-10-12-27(13-11-23)43-30-7-5-4-6-29(30)38-24-8-9-25(18-24)39(38)43/h4-7,10-17,19-21,24-25,38-39H,8-9,18H2,1-3H3/b26-19+/t24-,25?,38?,39?/m0/s1. The van der Waals surface area contributed by atoms with E-state index >= 15 is 0 Å². The largest absolute Gasteiger partial charge is 0.456 e. The highest BCUT2D eigenvalue weighted by atomic mass is 32.1. The molecule has 9 rings (SSSR count). The van der Waals surface area contributed by atoms with Crippen molar-refractivity contribution in [1.82, 2.24) is 0 Å². The maximum absolute atomic E-state index is 12.4. The third-order valence-corrected chi connectivity index (χ3v) is 15.0. The van der Waals surface area contributed by atoms with E-state index in [-0.39, 0.29) is 5.57 Å². The number of hydrogen-bond donors (Lipinski definition) is 0. The normalized spacial score (nSPS) is 21.3. The molecule has 0 radical (unpaired) electrons. The van der Waals surface area contributed by atoms with E-state index in [9.17, 15) is 10.1 Å². The molecule has 2 aliphatic carbocycles. The fraction of sp³-hybridized carbons (Fsp3) is 0.268. The Kier molecular flexibility index (Phi) is 7.47. The zero-order valence-electron chi connectivity index (χ0n) is 27.4. The fourth-order valence-corrected chi connectivity index (χ4v) is 12.7. The zero-order chi connectivity index (χ0) is 33.4. The Morgan fingerprint density at radius 2 is 1.49 bits per heavy atom. The van der Waals surface area contributed by atoms with Crippen LogP contribution >= 0.6 is 45.3 Å². The van der Waals surface area contributed by atoms with E-state index in [1.165, 1.54) is 60.6 Å². The number of nitrogens with zero attached hydrogens (tertiary/aromatic N) is 2. The van der Waals surface area contributed by atoms with Crippen molar-refractivity contribution in [3.63, 3.8) is 0 Å². The predicted octanol–water partition coefficient (Wildman–Crippen LogP) is 12.4. The summed E-state index contributed by atoms with van der Waals surface area (Å²) in [7, 11) is 0. The van der Waals surface area contributed by atoms with Crippen LogP contribution in [0.2, 0.25) is 0 Å². The van der Waals surface area contributed by atoms with Gasteiger partial charge >= 0.3 is 5.97 Å². The smallest absolute Gasteiger partial charge is 0.349 e. The summed E-state index contributed by atoms with van der Waals surface area (Å²) in [5.74, 6) is 1.77. The predicted molar refractivity (Wildman–Crippen MR) is 207 cm³/mol. The van der Waals surface area contributed by atoms with Gasteiger partial charge in [0, 0.05) is 62.0 Å². The quantitative estimate of drug-likeness (QED) is 0.0979. The monoisotopic (exact) mass is 714 g/mol. The van der Waals surface area contributed by atoms with Crippen LogP contribution in [0.15, 0.2) is 90.5 Å². The molecule has 2 aromatic carbocycles. The number of nitriles is 1. The van der Waals surface area contributed by atoms with E-state index in [0.717, 1.165) is 26.1 Å². The van der Waals surface area contributed by atoms with Crippen LogP contribution in [0.1, 0.15) is 56.4 Å². The van der Waals surface area contributed by atoms with Crippen molar-refractivity contribution in [2.75, 3.05) is 4.90 Å². The van der Waals surface area contributed by atoms with Gasteiger partial charge in [-0.2, -0.15) is 5.26 Å². The van der Waals surface area contributed by atoms with Crippen LogP contribution in [-0.2, 0) is 9.53 Å². The first-order chi connectivity index (χ1) is 23.7. The van der Waals surface area contributed by atoms with Crippen LogP contribution in [0.4, 0.5) is 11.4 Å². The molecular weight excluding hydrogens is 681 g/mol. The maximum atomic E-state index is 12.4. The summed E-state index contributed by atoms with van der Waals surface area (Å²) in [6.07, 6.45) is 5.80. The fourth-order valence-electron chi connectivity index (χ4n) is 8.20. The minimum absolute atomic E-state index is 0.0180. The van der Waals surface area contributed by atoms with Crippen molar-refractivity contribution in [2.45, 2.75) is 57.6 Å². The zero-order valence-corrected chi connectivity index (χ0v) is 30.7. The van der Waals surface area contributed by atoms with Crippen molar-refractivity contribution in [3.8, 4) is 36.0 Å². The van der Waals surface area contributed by atoms with E-state index in [1.54, 1.807) is 55.1 Å². The van der Waals surface area contributed by atoms with Crippen LogP contribution < -0.4 is 4.90 Å². The lowest BCUT2D eigenvalue weighted by Crippen LogP contribution is -2.35. The molecule has 0 N–H and O–H groups in total. The molecule has 4 aromatic heterocycles. The van der Waals surface area contributed by atoms with Crippen LogP contribution in [0.5, 0.6) is 0 Å². The van der Waals surface area contributed by atoms with E-state index in [1.807, 2.05) is 28.7 Å². The number of anilines is 2. The third-order valence-electron chi connectivity index (χ3n) is 10.1. The van der Waals surface area contributed by atoms with Crippen molar-refractivity contribution in [1.29, 1.82) is 5.26 Å². The molecule has 8 heteroatoms. The number of carbonyl (C=O) groups excluding carboxylic acids is 1. The first-order valence-corrected chi connectivity index (χ1v) is 20.1. The highest BCUT2D eigenvalue weighted by molar-refractivity contribution is 7.32. The molecule has 244 valence electrons. The number of ether oxygens (including phenoxy) is 1. The van der Waals surface area contributed by atoms with Gasteiger partial charge in [0.25, 0.3) is 0 Å². The molecule has 49 heavy (non-hydrogen) atoms. The van der Waals surface area contributed by atoms with Crippen molar-refractivity contribution in [2.24, 2.45) is 11.8 Å². The second kappa shape index (κ2) is 11.8. The average Bonchev–Trinajstić information content (AvgIpc) is 3.93. The molecule has 0 amide bonds. The van der Waals surface area contributed by atoms with Crippen molar-refractivity contribution < 1.29 is 9.53 Å². The van der Waals surface area contributed by atoms with Crippen LogP contribution in [0.3, 0.4) is 0 Å². The second-order valence-corrected chi connectivity index (χ2v) is 18.7. The third kappa shape index (κ3) is 5.48. The summed E-state index contributed by atoms with van der Waals surface area (Å²) in [5, 5.41) is 9.55. The molecule has 2 bridgehead atoms. The van der Waals surface area contributed by atoms with Crippen LogP contribution in [0.25, 0.3) is 45.4 Å². The van der Waals surface area contributed by atoms with E-state index in [4.69, 9.17) is 4.74 Å². The Bertz CT molecular complexity index is 2270. The summed E-state index contributed by atoms with van der Waals surface area (Å²) < 4.78 is 7.70. The Balaban J connectivity index is 0.919. The first kappa shape index (κ1) is 31.0. The molecule has 4 nitrogen and oxygen atoms in total. The number of fused-ring (bicyclic) bond motifs is 8. The molecule has 5 heterocycles. The molecule has 2 fully saturated rings. The Hall–Kier alpha value is -4.00. The number of rotatable bonds is 6. The van der Waals surface area contributed by atoms with E-state index < -0.39 is 11.6 Å². The van der Waals surface area contributed by atoms with Gasteiger partial charge in [0.1, 0.15) is 17.2 Å². The molecule has 6 aromatic rings. The molecule has 1 aliphatic heterocycles. The van der Waals surface area contributed by atoms with Gasteiger partial charge in [-0.3, -0.25) is 0 Å². The highest BCUT2D eigenvalue weighted by Gasteiger charge is 2.55. The number of carbonyl (C=O) groups is 1. The van der Waals surface area contributed by atoms with Crippen LogP contribution in [0, 0.1) is 23.2 Å². The lowest BCUT2D eigenvalue weighted by Gasteiger charge is -2.33. The van der Waals surface area contributed by atoms with Crippen molar-refractivity contribution in [3.05, 3.63) is 101 Å². The number of para-hydroxylation sites is 1. The van der Waals surface area contributed by atoms with Gasteiger partial charge in [0.05, 0.1) is 0 Å². The lowest BCUT2D eigenvalue weighted by molar-refractivity contribution is -0.149. The highest BCUT2D eigenvalue weighted by Crippen LogP contribution is 2.62. The SMILES string of the molecule is CC(C)(C)OC(=O)/C(C#N)=C/c1cc2sc(-c3ccc(-c4ccc(-c5ccc(N6c7ccccc7C7C6C6CC[C@H]7C6)cc5)s4)s3)cc2s1. The van der Waals surface area contributed by atoms with Gasteiger partial charge < -0.3 is 9.64 Å². The van der Waals surface area contributed by atoms with Gasteiger partial charge in [0.15, 0.2) is 0 Å². The molecule has 3 unspecified atom stereocenters. The van der Waals surface area contributed by atoms with Gasteiger partial charge in [0.2, 0.25) is 0 Å². The number of hydrogen-bond acceptors (Lipinski definition) is 8. The molecular formula is C41H34N2O2S4. The molecule has 0 saturated heterocycles. The number of esters is 1.